The minimum atomic E-state index is -0.422. The molecular weight excluding hydrogens is 376 g/mol. The zero-order valence-electron chi connectivity index (χ0n) is 16.4. The number of nitrogens with zero attached hydrogens (tertiary/aromatic N) is 4. The van der Waals surface area contributed by atoms with Crippen LogP contribution in [-0.4, -0.2) is 47.1 Å². The SMILES string of the molecule is CCOc1ccc(-n2nnnc2CNC(=O)Nc2ccc(OC)cc2OC)cc1. The second-order valence-corrected chi connectivity index (χ2v) is 5.81. The molecule has 0 saturated heterocycles. The molecule has 3 aromatic rings. The number of aromatic nitrogens is 4. The van der Waals surface area contributed by atoms with Crippen LogP contribution in [0.2, 0.25) is 0 Å². The van der Waals surface area contributed by atoms with Crippen LogP contribution in [0.4, 0.5) is 10.5 Å². The number of benzene rings is 2. The van der Waals surface area contributed by atoms with Gasteiger partial charge in [0.25, 0.3) is 0 Å². The maximum atomic E-state index is 12.3. The van der Waals surface area contributed by atoms with Crippen LogP contribution >= 0.6 is 0 Å². The lowest BCUT2D eigenvalue weighted by molar-refractivity contribution is 0.251. The lowest BCUT2D eigenvalue weighted by atomic mass is 10.2. The second kappa shape index (κ2) is 9.40. The molecule has 2 N–H and O–H groups in total. The monoisotopic (exact) mass is 398 g/mol. The van der Waals surface area contributed by atoms with Crippen LogP contribution in [0.5, 0.6) is 17.2 Å². The third-order valence-electron chi connectivity index (χ3n) is 3.99. The normalized spacial score (nSPS) is 10.3. The van der Waals surface area contributed by atoms with Gasteiger partial charge in [-0.2, -0.15) is 4.68 Å². The topological polar surface area (TPSA) is 112 Å². The fourth-order valence-corrected chi connectivity index (χ4v) is 2.59. The van der Waals surface area contributed by atoms with Gasteiger partial charge in [0, 0.05) is 6.07 Å². The van der Waals surface area contributed by atoms with E-state index in [2.05, 4.69) is 26.2 Å². The summed E-state index contributed by atoms with van der Waals surface area (Å²) in [5.41, 5.74) is 1.27. The minimum absolute atomic E-state index is 0.129. The highest BCUT2D eigenvalue weighted by Gasteiger charge is 2.12. The van der Waals surface area contributed by atoms with Gasteiger partial charge in [0.05, 0.1) is 38.7 Å². The molecule has 0 spiro atoms. The Bertz CT molecular complexity index is 958. The van der Waals surface area contributed by atoms with Crippen LogP contribution in [0.15, 0.2) is 42.5 Å². The molecule has 0 saturated carbocycles. The molecule has 2 amide bonds. The first-order valence-electron chi connectivity index (χ1n) is 8.92. The van der Waals surface area contributed by atoms with Gasteiger partial charge in [0.2, 0.25) is 0 Å². The molecule has 0 aliphatic rings. The van der Waals surface area contributed by atoms with Crippen molar-refractivity contribution < 1.29 is 19.0 Å². The Kier molecular flexibility index (Phi) is 6.46. The quantitative estimate of drug-likeness (QED) is 0.599. The Hall–Kier alpha value is -3.82. The summed E-state index contributed by atoms with van der Waals surface area (Å²) in [4.78, 5) is 12.3. The number of carbonyl (C=O) groups is 1. The molecule has 152 valence electrons. The first kappa shape index (κ1) is 19.9. The molecule has 0 radical (unpaired) electrons. The number of hydrogen-bond acceptors (Lipinski definition) is 7. The van der Waals surface area contributed by atoms with Crippen molar-refractivity contribution in [1.29, 1.82) is 0 Å². The van der Waals surface area contributed by atoms with E-state index in [0.29, 0.717) is 29.6 Å². The number of amides is 2. The minimum Gasteiger partial charge on any atom is -0.497 e. The zero-order chi connectivity index (χ0) is 20.6. The first-order chi connectivity index (χ1) is 14.1. The number of tetrazole rings is 1. The van der Waals surface area contributed by atoms with Crippen molar-refractivity contribution in [2.45, 2.75) is 13.5 Å². The molecular formula is C19H22N6O4. The molecule has 10 heteroatoms. The van der Waals surface area contributed by atoms with Gasteiger partial charge in [0.1, 0.15) is 17.2 Å². The van der Waals surface area contributed by atoms with Gasteiger partial charge in [-0.15, -0.1) is 5.10 Å². The maximum absolute atomic E-state index is 12.3. The number of hydrogen-bond donors (Lipinski definition) is 2. The van der Waals surface area contributed by atoms with E-state index in [1.807, 2.05) is 31.2 Å². The van der Waals surface area contributed by atoms with E-state index in [9.17, 15) is 4.79 Å². The molecule has 0 bridgehead atoms. The zero-order valence-corrected chi connectivity index (χ0v) is 16.4. The molecule has 0 aliphatic carbocycles. The molecule has 10 nitrogen and oxygen atoms in total. The third-order valence-corrected chi connectivity index (χ3v) is 3.99. The van der Waals surface area contributed by atoms with Gasteiger partial charge in [-0.1, -0.05) is 0 Å². The molecule has 0 aliphatic heterocycles. The summed E-state index contributed by atoms with van der Waals surface area (Å²) in [6, 6.07) is 12.0. The molecule has 1 aromatic heterocycles. The van der Waals surface area contributed by atoms with Crippen LogP contribution < -0.4 is 24.8 Å². The average molecular weight is 398 g/mol. The summed E-state index contributed by atoms with van der Waals surface area (Å²) in [7, 11) is 3.08. The standard InChI is InChI=1S/C19H22N6O4/c1-4-29-14-7-5-13(6-8-14)25-18(22-23-24-25)12-20-19(26)21-16-10-9-15(27-2)11-17(16)28-3/h5-11H,4,12H2,1-3H3,(H2,20,21,26). The van der Waals surface area contributed by atoms with E-state index in [1.54, 1.807) is 30.0 Å². The van der Waals surface area contributed by atoms with E-state index in [0.717, 1.165) is 11.4 Å². The number of methoxy groups -OCH3 is 2. The lowest BCUT2D eigenvalue weighted by Gasteiger charge is -2.12. The van der Waals surface area contributed by atoms with E-state index < -0.39 is 6.03 Å². The lowest BCUT2D eigenvalue weighted by Crippen LogP contribution is -2.29. The van der Waals surface area contributed by atoms with Crippen molar-refractivity contribution >= 4 is 11.7 Å². The first-order valence-corrected chi connectivity index (χ1v) is 8.92. The number of nitrogens with one attached hydrogen (secondary N) is 2. The van der Waals surface area contributed by atoms with Gasteiger partial charge in [0.15, 0.2) is 5.82 Å². The molecule has 3 rings (SSSR count). The predicted molar refractivity (Wildman–Crippen MR) is 106 cm³/mol. The van der Waals surface area contributed by atoms with Gasteiger partial charge < -0.3 is 24.8 Å². The molecule has 2 aromatic carbocycles. The Balaban J connectivity index is 1.64. The summed E-state index contributed by atoms with van der Waals surface area (Å²) in [6.45, 7) is 2.64. The molecule has 0 atom stereocenters. The second-order valence-electron chi connectivity index (χ2n) is 5.81. The third kappa shape index (κ3) is 4.92. The molecule has 0 unspecified atom stereocenters. The fraction of sp³-hybridized carbons (Fsp3) is 0.263. The number of carbonyl (C=O) groups excluding carboxylic acids is 1. The van der Waals surface area contributed by atoms with Crippen LogP contribution in [0, 0.1) is 0 Å². The van der Waals surface area contributed by atoms with Gasteiger partial charge in [-0.05, 0) is 53.7 Å². The van der Waals surface area contributed by atoms with Crippen LogP contribution in [0.25, 0.3) is 5.69 Å². The summed E-state index contributed by atoms with van der Waals surface area (Å²) in [5.74, 6) is 2.35. The Morgan fingerprint density at radius 3 is 2.52 bits per heavy atom. The van der Waals surface area contributed by atoms with E-state index >= 15 is 0 Å². The van der Waals surface area contributed by atoms with Gasteiger partial charge >= 0.3 is 6.03 Å². The smallest absolute Gasteiger partial charge is 0.319 e. The Labute approximate surface area is 167 Å². The Morgan fingerprint density at radius 1 is 1.07 bits per heavy atom. The van der Waals surface area contributed by atoms with Crippen LogP contribution in [0.1, 0.15) is 12.7 Å². The van der Waals surface area contributed by atoms with Crippen molar-refractivity contribution in [2.24, 2.45) is 0 Å². The number of ether oxygens (including phenoxy) is 3. The average Bonchev–Trinajstić information content (AvgIpc) is 3.22. The summed E-state index contributed by atoms with van der Waals surface area (Å²) < 4.78 is 17.4. The highest BCUT2D eigenvalue weighted by Crippen LogP contribution is 2.28. The van der Waals surface area contributed by atoms with Gasteiger partial charge in [-0.25, -0.2) is 4.79 Å². The van der Waals surface area contributed by atoms with Crippen molar-refractivity contribution in [3.8, 4) is 22.9 Å². The molecule has 1 heterocycles. The largest absolute Gasteiger partial charge is 0.497 e. The maximum Gasteiger partial charge on any atom is 0.319 e. The van der Waals surface area contributed by atoms with E-state index in [1.165, 1.54) is 7.11 Å². The van der Waals surface area contributed by atoms with Crippen molar-refractivity contribution in [3.05, 3.63) is 48.3 Å². The number of rotatable bonds is 8. The van der Waals surface area contributed by atoms with Crippen LogP contribution in [-0.2, 0) is 6.54 Å². The summed E-state index contributed by atoms with van der Waals surface area (Å²) >= 11 is 0. The van der Waals surface area contributed by atoms with Crippen molar-refractivity contribution in [1.82, 2.24) is 25.5 Å². The summed E-state index contributed by atoms with van der Waals surface area (Å²) in [5, 5.41) is 17.1. The van der Waals surface area contributed by atoms with Crippen molar-refractivity contribution in [3.63, 3.8) is 0 Å². The molecule has 29 heavy (non-hydrogen) atoms. The van der Waals surface area contributed by atoms with E-state index in [-0.39, 0.29) is 6.54 Å². The van der Waals surface area contributed by atoms with Crippen molar-refractivity contribution in [2.75, 3.05) is 26.1 Å². The fourth-order valence-electron chi connectivity index (χ4n) is 2.59. The highest BCUT2D eigenvalue weighted by molar-refractivity contribution is 5.91. The predicted octanol–water partition coefficient (Wildman–Crippen LogP) is 2.40. The van der Waals surface area contributed by atoms with Gasteiger partial charge in [-0.3, -0.25) is 0 Å². The molecule has 0 fully saturated rings. The summed E-state index contributed by atoms with van der Waals surface area (Å²) in [6.07, 6.45) is 0. The Morgan fingerprint density at radius 2 is 1.83 bits per heavy atom. The van der Waals surface area contributed by atoms with E-state index in [4.69, 9.17) is 14.2 Å². The van der Waals surface area contributed by atoms with Crippen LogP contribution in [0.3, 0.4) is 0 Å². The highest BCUT2D eigenvalue weighted by atomic mass is 16.5. The number of anilines is 1. The number of urea groups is 1.